The van der Waals surface area contributed by atoms with Crippen molar-refractivity contribution < 1.29 is 4.74 Å². The first-order valence-corrected chi connectivity index (χ1v) is 10.1. The van der Waals surface area contributed by atoms with Gasteiger partial charge in [0.15, 0.2) is 0 Å². The normalized spacial score (nSPS) is 23.6. The van der Waals surface area contributed by atoms with E-state index in [1.807, 2.05) is 12.1 Å². The number of methoxy groups -OCH3 is 1. The molecule has 2 aliphatic heterocycles. The zero-order valence-corrected chi connectivity index (χ0v) is 16.8. The molecule has 0 aliphatic carbocycles. The third kappa shape index (κ3) is 3.45. The van der Waals surface area contributed by atoms with Crippen LogP contribution in [0.2, 0.25) is 0 Å². The van der Waals surface area contributed by atoms with Gasteiger partial charge in [0.2, 0.25) is 11.8 Å². The lowest BCUT2D eigenvalue weighted by Gasteiger charge is -2.47. The average molecular weight is 383 g/mol. The smallest absolute Gasteiger partial charge is 0.250 e. The molecule has 1 fully saturated rings. The summed E-state index contributed by atoms with van der Waals surface area (Å²) in [5.74, 6) is 2.83. The van der Waals surface area contributed by atoms with Crippen LogP contribution in [0.1, 0.15) is 50.8 Å². The van der Waals surface area contributed by atoms with Gasteiger partial charge >= 0.3 is 0 Å². The van der Waals surface area contributed by atoms with Crippen LogP contribution in [0, 0.1) is 11.8 Å². The van der Waals surface area contributed by atoms with E-state index in [0.717, 1.165) is 43.9 Å². The van der Waals surface area contributed by atoms with Crippen LogP contribution >= 0.6 is 0 Å². The van der Waals surface area contributed by atoms with E-state index in [4.69, 9.17) is 10.5 Å². The average Bonchev–Trinajstić information content (AvgIpc) is 2.67. The van der Waals surface area contributed by atoms with Crippen molar-refractivity contribution in [2.45, 2.75) is 45.1 Å². The van der Waals surface area contributed by atoms with Crippen LogP contribution in [0.5, 0.6) is 5.88 Å². The van der Waals surface area contributed by atoms with Crippen molar-refractivity contribution in [2.75, 3.05) is 30.8 Å². The number of ether oxygens (including phenoxy) is 1. The summed E-state index contributed by atoms with van der Waals surface area (Å²) in [6, 6.07) is 7.77. The number of hydrogen-bond acceptors (Lipinski definition) is 6. The Morgan fingerprint density at radius 2 is 2.11 bits per heavy atom. The highest BCUT2D eigenvalue weighted by Crippen LogP contribution is 2.44. The third-order valence-corrected chi connectivity index (χ3v) is 6.08. The second-order valence-corrected chi connectivity index (χ2v) is 8.42. The monoisotopic (exact) mass is 383 g/mol. The predicted molar refractivity (Wildman–Crippen MR) is 110 cm³/mol. The minimum Gasteiger partial charge on any atom is -0.481 e. The first-order valence-electron chi connectivity index (χ1n) is 10.1. The Morgan fingerprint density at radius 1 is 1.29 bits per heavy atom. The second kappa shape index (κ2) is 7.45. The molecule has 2 aromatic heterocycles. The molecule has 4 rings (SSSR count). The number of nitrogen functional groups attached to an aromatic ring is 1. The number of pyridine rings is 1. The number of hydrogen-bond donors (Lipinski definition) is 1. The topological polar surface area (TPSA) is 86.3 Å². The molecule has 7 nitrogen and oxygen atoms in total. The van der Waals surface area contributed by atoms with E-state index in [1.54, 1.807) is 13.2 Å². The molecule has 28 heavy (non-hydrogen) atoms. The highest BCUT2D eigenvalue weighted by molar-refractivity contribution is 5.47. The second-order valence-electron chi connectivity index (χ2n) is 8.42. The first-order chi connectivity index (χ1) is 13.5. The number of rotatable bonds is 5. The fourth-order valence-electron chi connectivity index (χ4n) is 4.80. The molecule has 0 unspecified atom stereocenters. The molecule has 3 atom stereocenters. The molecule has 0 amide bonds. The van der Waals surface area contributed by atoms with Gasteiger partial charge in [0.25, 0.3) is 5.56 Å². The number of nitrogens with two attached hydrogens (primary N) is 1. The Morgan fingerprint density at radius 3 is 2.86 bits per heavy atom. The maximum Gasteiger partial charge on any atom is 0.250 e. The number of aromatic nitrogens is 3. The number of piperidine rings is 1. The number of fused-ring (bicyclic) bond motifs is 4. The van der Waals surface area contributed by atoms with Crippen LogP contribution in [-0.4, -0.2) is 34.7 Å². The van der Waals surface area contributed by atoms with E-state index in [-0.39, 0.29) is 17.5 Å². The summed E-state index contributed by atoms with van der Waals surface area (Å²) in [4.78, 5) is 23.6. The van der Waals surface area contributed by atoms with Gasteiger partial charge in [-0.3, -0.25) is 4.79 Å². The Labute approximate surface area is 165 Å². The SMILES string of the molecule is COc1cc(N2C[C@H]3C[C@@H](C2)[C@H](CCC(C)C)n2c3cccc2=O)nc(N)n1. The molecule has 0 radical (unpaired) electrons. The van der Waals surface area contributed by atoms with Gasteiger partial charge in [0.1, 0.15) is 5.82 Å². The minimum absolute atomic E-state index is 0.127. The van der Waals surface area contributed by atoms with Gasteiger partial charge in [-0.25, -0.2) is 0 Å². The van der Waals surface area contributed by atoms with Gasteiger partial charge in [0, 0.05) is 42.9 Å². The van der Waals surface area contributed by atoms with Crippen molar-refractivity contribution >= 4 is 11.8 Å². The summed E-state index contributed by atoms with van der Waals surface area (Å²) in [6.07, 6.45) is 3.25. The van der Waals surface area contributed by atoms with Gasteiger partial charge < -0.3 is 19.9 Å². The molecule has 2 aliphatic rings. The van der Waals surface area contributed by atoms with E-state index in [9.17, 15) is 4.79 Å². The fourth-order valence-corrected chi connectivity index (χ4v) is 4.80. The third-order valence-electron chi connectivity index (χ3n) is 6.08. The molecule has 0 spiro atoms. The highest BCUT2D eigenvalue weighted by atomic mass is 16.5. The van der Waals surface area contributed by atoms with Crippen LogP contribution in [0.3, 0.4) is 0 Å². The Bertz CT molecular complexity index is 910. The molecule has 0 aromatic carbocycles. The van der Waals surface area contributed by atoms with Crippen molar-refractivity contribution in [3.63, 3.8) is 0 Å². The molecule has 2 bridgehead atoms. The Kier molecular flexibility index (Phi) is 5.00. The fraction of sp³-hybridized carbons (Fsp3) is 0.571. The van der Waals surface area contributed by atoms with Gasteiger partial charge in [-0.05, 0) is 37.2 Å². The Hall–Kier alpha value is -2.57. The minimum atomic E-state index is 0.127. The molecular formula is C21H29N5O2. The van der Waals surface area contributed by atoms with Crippen LogP contribution in [0.25, 0.3) is 0 Å². The van der Waals surface area contributed by atoms with Crippen molar-refractivity contribution in [1.82, 2.24) is 14.5 Å². The van der Waals surface area contributed by atoms with Gasteiger partial charge in [-0.15, -0.1) is 0 Å². The summed E-state index contributed by atoms with van der Waals surface area (Å²) in [5.41, 5.74) is 7.16. The molecule has 0 saturated carbocycles. The van der Waals surface area contributed by atoms with E-state index in [1.165, 1.54) is 0 Å². The van der Waals surface area contributed by atoms with Crippen molar-refractivity contribution in [3.8, 4) is 5.88 Å². The zero-order chi connectivity index (χ0) is 19.8. The molecule has 4 heterocycles. The van der Waals surface area contributed by atoms with Crippen molar-refractivity contribution in [1.29, 1.82) is 0 Å². The van der Waals surface area contributed by atoms with Crippen LogP contribution < -0.4 is 20.9 Å². The Balaban J connectivity index is 1.71. The van der Waals surface area contributed by atoms with Crippen LogP contribution in [-0.2, 0) is 0 Å². The molecular weight excluding hydrogens is 354 g/mol. The predicted octanol–water partition coefficient (Wildman–Crippen LogP) is 2.83. The summed E-state index contributed by atoms with van der Waals surface area (Å²) < 4.78 is 7.35. The number of nitrogens with zero attached hydrogens (tertiary/aromatic N) is 4. The van der Waals surface area contributed by atoms with E-state index in [0.29, 0.717) is 23.6 Å². The lowest BCUT2D eigenvalue weighted by Crippen LogP contribution is -2.49. The molecule has 2 aromatic rings. The maximum atomic E-state index is 12.7. The lowest BCUT2D eigenvalue weighted by molar-refractivity contribution is 0.194. The summed E-state index contributed by atoms with van der Waals surface area (Å²) in [7, 11) is 1.58. The van der Waals surface area contributed by atoms with Crippen LogP contribution in [0.4, 0.5) is 11.8 Å². The highest BCUT2D eigenvalue weighted by Gasteiger charge is 2.40. The van der Waals surface area contributed by atoms with Gasteiger partial charge in [0.05, 0.1) is 7.11 Å². The molecule has 1 saturated heterocycles. The summed E-state index contributed by atoms with van der Waals surface area (Å²) in [5, 5.41) is 0. The van der Waals surface area contributed by atoms with Gasteiger partial charge in [-0.2, -0.15) is 9.97 Å². The summed E-state index contributed by atoms with van der Waals surface area (Å²) in [6.45, 7) is 6.16. The van der Waals surface area contributed by atoms with Crippen molar-refractivity contribution in [3.05, 3.63) is 40.3 Å². The lowest BCUT2D eigenvalue weighted by atomic mass is 9.76. The molecule has 150 valence electrons. The standard InChI is InChI=1S/C21H29N5O2/c1-13(2)7-8-17-15-9-14(16-5-4-6-20(27)26(16)17)11-25(12-15)18-10-19(28-3)24-21(22)23-18/h4-6,10,13-15,17H,7-9,11-12H2,1-3H3,(H2,22,23,24)/t14-,15+,17+/m1/s1. The van der Waals surface area contributed by atoms with E-state index in [2.05, 4.69) is 39.3 Å². The summed E-state index contributed by atoms with van der Waals surface area (Å²) >= 11 is 0. The van der Waals surface area contributed by atoms with E-state index < -0.39 is 0 Å². The zero-order valence-electron chi connectivity index (χ0n) is 16.8. The molecule has 7 heteroatoms. The van der Waals surface area contributed by atoms with Crippen molar-refractivity contribution in [2.24, 2.45) is 11.8 Å². The first kappa shape index (κ1) is 18.8. The van der Waals surface area contributed by atoms with E-state index >= 15 is 0 Å². The quantitative estimate of drug-likeness (QED) is 0.854. The molecule has 2 N–H and O–H groups in total. The van der Waals surface area contributed by atoms with Gasteiger partial charge in [-0.1, -0.05) is 19.9 Å². The largest absolute Gasteiger partial charge is 0.481 e. The van der Waals surface area contributed by atoms with Crippen LogP contribution in [0.15, 0.2) is 29.1 Å². The number of anilines is 2. The maximum absolute atomic E-state index is 12.7.